The van der Waals surface area contributed by atoms with Crippen LogP contribution in [0, 0.1) is 11.3 Å². The maximum Gasteiger partial charge on any atom is 0.246 e. The monoisotopic (exact) mass is 280 g/mol. The molecule has 1 saturated carbocycles. The third kappa shape index (κ3) is 2.70. The first-order valence-electron chi connectivity index (χ1n) is 8.02. The fourth-order valence-electron chi connectivity index (χ4n) is 3.35. The minimum atomic E-state index is -0.334. The van der Waals surface area contributed by atoms with Gasteiger partial charge in [0.2, 0.25) is 11.8 Å². The van der Waals surface area contributed by atoms with Gasteiger partial charge in [-0.3, -0.25) is 9.59 Å². The van der Waals surface area contributed by atoms with Crippen LogP contribution in [0.1, 0.15) is 59.8 Å². The van der Waals surface area contributed by atoms with Crippen LogP contribution in [-0.4, -0.2) is 35.3 Å². The topological polar surface area (TPSA) is 49.4 Å². The van der Waals surface area contributed by atoms with Gasteiger partial charge in [-0.1, -0.05) is 40.5 Å². The highest BCUT2D eigenvalue weighted by atomic mass is 16.2. The summed E-state index contributed by atoms with van der Waals surface area (Å²) in [4.78, 5) is 26.9. The Labute approximate surface area is 122 Å². The van der Waals surface area contributed by atoms with Gasteiger partial charge in [0.05, 0.1) is 0 Å². The Hall–Kier alpha value is -1.06. The highest BCUT2D eigenvalue weighted by Gasteiger charge is 2.45. The molecule has 1 aliphatic heterocycles. The molecule has 1 heterocycles. The molecule has 0 aromatic heterocycles. The van der Waals surface area contributed by atoms with Crippen LogP contribution in [0.2, 0.25) is 0 Å². The highest BCUT2D eigenvalue weighted by molar-refractivity contribution is 5.97. The third-order valence-electron chi connectivity index (χ3n) is 5.24. The quantitative estimate of drug-likeness (QED) is 0.840. The average molecular weight is 280 g/mol. The molecule has 20 heavy (non-hydrogen) atoms. The van der Waals surface area contributed by atoms with E-state index in [4.69, 9.17) is 0 Å². The molecule has 3 atom stereocenters. The Morgan fingerprint density at radius 3 is 2.45 bits per heavy atom. The van der Waals surface area contributed by atoms with Gasteiger partial charge in [0.1, 0.15) is 12.1 Å². The van der Waals surface area contributed by atoms with Gasteiger partial charge in [0.25, 0.3) is 0 Å². The Balaban J connectivity index is 2.18. The molecule has 1 aliphatic carbocycles. The molecule has 4 nitrogen and oxygen atoms in total. The van der Waals surface area contributed by atoms with Gasteiger partial charge >= 0.3 is 0 Å². The van der Waals surface area contributed by atoms with Gasteiger partial charge in [-0.2, -0.15) is 0 Å². The van der Waals surface area contributed by atoms with Crippen LogP contribution < -0.4 is 5.32 Å². The number of piperazine rings is 1. The smallest absolute Gasteiger partial charge is 0.246 e. The zero-order valence-corrected chi connectivity index (χ0v) is 13.2. The van der Waals surface area contributed by atoms with E-state index in [-0.39, 0.29) is 35.2 Å². The number of carbonyl (C=O) groups is 2. The predicted octanol–water partition coefficient (Wildman–Crippen LogP) is 2.33. The van der Waals surface area contributed by atoms with E-state index in [1.807, 2.05) is 18.7 Å². The van der Waals surface area contributed by atoms with Crippen molar-refractivity contribution >= 4 is 11.8 Å². The Kier molecular flexibility index (Phi) is 4.40. The molecule has 114 valence electrons. The SMILES string of the molecule is CCC(C)C1NC(=O)C(CC)N(CC2(C)CCC2)C1=O. The van der Waals surface area contributed by atoms with Crippen LogP contribution in [-0.2, 0) is 9.59 Å². The van der Waals surface area contributed by atoms with Crippen molar-refractivity contribution in [1.82, 2.24) is 10.2 Å². The number of rotatable bonds is 5. The summed E-state index contributed by atoms with van der Waals surface area (Å²) in [5.74, 6) is 0.347. The molecule has 2 rings (SSSR count). The molecule has 0 spiro atoms. The van der Waals surface area contributed by atoms with E-state index < -0.39 is 0 Å². The summed E-state index contributed by atoms with van der Waals surface area (Å²) >= 11 is 0. The van der Waals surface area contributed by atoms with Crippen LogP contribution in [0.15, 0.2) is 0 Å². The number of amides is 2. The molecule has 2 amide bonds. The van der Waals surface area contributed by atoms with Gasteiger partial charge in [0, 0.05) is 6.54 Å². The van der Waals surface area contributed by atoms with Crippen molar-refractivity contribution in [2.45, 2.75) is 71.9 Å². The Morgan fingerprint density at radius 1 is 1.35 bits per heavy atom. The van der Waals surface area contributed by atoms with Gasteiger partial charge in [-0.25, -0.2) is 0 Å². The first-order valence-corrected chi connectivity index (χ1v) is 8.02. The molecule has 1 saturated heterocycles. The highest BCUT2D eigenvalue weighted by Crippen LogP contribution is 2.41. The number of nitrogens with one attached hydrogen (secondary N) is 1. The second-order valence-electron chi connectivity index (χ2n) is 6.93. The first-order chi connectivity index (χ1) is 9.41. The summed E-state index contributed by atoms with van der Waals surface area (Å²) in [6, 6.07) is -0.612. The largest absolute Gasteiger partial charge is 0.342 e. The fraction of sp³-hybridized carbons (Fsp3) is 0.875. The van der Waals surface area contributed by atoms with E-state index in [0.717, 1.165) is 13.0 Å². The van der Waals surface area contributed by atoms with Crippen molar-refractivity contribution in [1.29, 1.82) is 0 Å². The molecular weight excluding hydrogens is 252 g/mol. The Bertz CT molecular complexity index is 390. The van der Waals surface area contributed by atoms with E-state index in [1.54, 1.807) is 0 Å². The second-order valence-corrected chi connectivity index (χ2v) is 6.93. The molecular formula is C16H28N2O2. The predicted molar refractivity (Wildman–Crippen MR) is 79.1 cm³/mol. The molecule has 3 unspecified atom stereocenters. The zero-order valence-electron chi connectivity index (χ0n) is 13.2. The molecule has 0 aromatic carbocycles. The zero-order chi connectivity index (χ0) is 14.9. The maximum atomic E-state index is 12.8. The first kappa shape index (κ1) is 15.3. The number of carbonyl (C=O) groups excluding carboxylic acids is 2. The van der Waals surface area contributed by atoms with Crippen molar-refractivity contribution in [2.75, 3.05) is 6.54 Å². The number of hydrogen-bond acceptors (Lipinski definition) is 2. The van der Waals surface area contributed by atoms with Crippen LogP contribution in [0.3, 0.4) is 0 Å². The van der Waals surface area contributed by atoms with Crippen molar-refractivity contribution in [2.24, 2.45) is 11.3 Å². The minimum absolute atomic E-state index is 0.0281. The summed E-state index contributed by atoms with van der Waals surface area (Å²) in [7, 11) is 0. The number of hydrogen-bond donors (Lipinski definition) is 1. The standard InChI is InChI=1S/C16H28N2O2/c1-5-11(3)13-15(20)18(10-16(4)8-7-9-16)12(6-2)14(19)17-13/h11-13H,5-10H2,1-4H3,(H,17,19). The van der Waals surface area contributed by atoms with Crippen LogP contribution >= 0.6 is 0 Å². The lowest BCUT2D eigenvalue weighted by molar-refractivity contribution is -0.153. The van der Waals surface area contributed by atoms with Crippen molar-refractivity contribution in [3.63, 3.8) is 0 Å². The van der Waals surface area contributed by atoms with Crippen LogP contribution in [0.4, 0.5) is 0 Å². The molecule has 4 heteroatoms. The summed E-state index contributed by atoms with van der Waals surface area (Å²) in [5, 5.41) is 2.94. The van der Waals surface area contributed by atoms with Crippen LogP contribution in [0.25, 0.3) is 0 Å². The molecule has 0 aromatic rings. The fourth-order valence-corrected chi connectivity index (χ4v) is 3.35. The van der Waals surface area contributed by atoms with E-state index in [2.05, 4.69) is 19.2 Å². The van der Waals surface area contributed by atoms with Crippen molar-refractivity contribution in [3.8, 4) is 0 Å². The maximum absolute atomic E-state index is 12.8. The van der Waals surface area contributed by atoms with E-state index in [0.29, 0.717) is 6.42 Å². The van der Waals surface area contributed by atoms with Gasteiger partial charge < -0.3 is 10.2 Å². The van der Waals surface area contributed by atoms with Gasteiger partial charge in [0.15, 0.2) is 0 Å². The van der Waals surface area contributed by atoms with Crippen molar-refractivity contribution in [3.05, 3.63) is 0 Å². The van der Waals surface area contributed by atoms with Gasteiger partial charge in [-0.15, -0.1) is 0 Å². The van der Waals surface area contributed by atoms with E-state index in [1.165, 1.54) is 19.3 Å². The van der Waals surface area contributed by atoms with Crippen LogP contribution in [0.5, 0.6) is 0 Å². The summed E-state index contributed by atoms with van der Waals surface area (Å²) in [5.41, 5.74) is 0.223. The lowest BCUT2D eigenvalue weighted by Crippen LogP contribution is -2.66. The molecule has 0 radical (unpaired) electrons. The summed E-state index contributed by atoms with van der Waals surface area (Å²) in [6.45, 7) is 9.06. The molecule has 2 fully saturated rings. The lowest BCUT2D eigenvalue weighted by atomic mass is 9.69. The van der Waals surface area contributed by atoms with Gasteiger partial charge in [-0.05, 0) is 30.6 Å². The molecule has 0 bridgehead atoms. The summed E-state index contributed by atoms with van der Waals surface area (Å²) in [6.07, 6.45) is 5.18. The average Bonchev–Trinajstić information content (AvgIpc) is 2.40. The third-order valence-corrected chi connectivity index (χ3v) is 5.24. The Morgan fingerprint density at radius 2 is 2.00 bits per heavy atom. The lowest BCUT2D eigenvalue weighted by Gasteiger charge is -2.47. The minimum Gasteiger partial charge on any atom is -0.342 e. The second kappa shape index (κ2) is 5.74. The number of nitrogens with zero attached hydrogens (tertiary/aromatic N) is 1. The summed E-state index contributed by atoms with van der Waals surface area (Å²) < 4.78 is 0. The molecule has 1 N–H and O–H groups in total. The van der Waals surface area contributed by atoms with Crippen molar-refractivity contribution < 1.29 is 9.59 Å². The van der Waals surface area contributed by atoms with E-state index in [9.17, 15) is 9.59 Å². The normalized spacial score (nSPS) is 30.7. The molecule has 2 aliphatic rings. The van der Waals surface area contributed by atoms with E-state index >= 15 is 0 Å².